The zero-order chi connectivity index (χ0) is 35.9. The highest BCUT2D eigenvalue weighted by molar-refractivity contribution is 7.53. The van der Waals surface area contributed by atoms with Gasteiger partial charge in [0.15, 0.2) is 6.29 Å². The number of rotatable bonds is 29. The third kappa shape index (κ3) is 18.0. The van der Waals surface area contributed by atoms with Crippen molar-refractivity contribution in [3.05, 3.63) is 22.7 Å². The van der Waals surface area contributed by atoms with Crippen molar-refractivity contribution in [1.29, 1.82) is 0 Å². The zero-order valence-corrected chi connectivity index (χ0v) is 30.6. The fraction of sp³-hybridized carbons (Fsp3) is 0.882. The Morgan fingerprint density at radius 1 is 0.878 bits per heavy atom. The fourth-order valence-electron chi connectivity index (χ4n) is 5.63. The van der Waals surface area contributed by atoms with E-state index in [4.69, 9.17) is 29.0 Å². The second-order valence-corrected chi connectivity index (χ2v) is 15.0. The topological polar surface area (TPSA) is 205 Å². The van der Waals surface area contributed by atoms with Gasteiger partial charge in [-0.05, 0) is 19.4 Å². The summed E-state index contributed by atoms with van der Waals surface area (Å²) in [4.78, 5) is 15.8. The first kappa shape index (κ1) is 43.7. The van der Waals surface area contributed by atoms with Crippen LogP contribution in [-0.2, 0) is 34.4 Å². The molecule has 0 aromatic carbocycles. The van der Waals surface area contributed by atoms with Crippen molar-refractivity contribution >= 4 is 13.4 Å². The molecule has 49 heavy (non-hydrogen) atoms. The Hall–Kier alpha value is -1.45. The van der Waals surface area contributed by atoms with Crippen LogP contribution in [0, 0.1) is 0 Å². The molecular formula is C34H64N3O11P. The number of nitrogens with two attached hydrogens (primary N) is 1. The summed E-state index contributed by atoms with van der Waals surface area (Å²) in [6.45, 7) is 3.82. The first-order valence-corrected chi connectivity index (χ1v) is 20.1. The van der Waals surface area contributed by atoms with Gasteiger partial charge in [0.1, 0.15) is 36.6 Å². The van der Waals surface area contributed by atoms with E-state index >= 15 is 0 Å². The number of ether oxygens (including phenoxy) is 3. The summed E-state index contributed by atoms with van der Waals surface area (Å²) in [5.41, 5.74) is 4.96. The zero-order valence-electron chi connectivity index (χ0n) is 29.7. The molecule has 286 valence electrons. The highest BCUT2D eigenvalue weighted by atomic mass is 31.2. The minimum absolute atomic E-state index is 0.0641. The predicted octanol–water partition coefficient (Wildman–Crippen LogP) is 4.49. The normalized spacial score (nSPS) is 23.0. The summed E-state index contributed by atoms with van der Waals surface area (Å²) in [5.74, 6) is 0.0812. The lowest BCUT2D eigenvalue weighted by atomic mass is 10.00. The van der Waals surface area contributed by atoms with Crippen molar-refractivity contribution in [2.24, 2.45) is 0 Å². The van der Waals surface area contributed by atoms with E-state index in [1.165, 1.54) is 100 Å². The average molecular weight is 722 g/mol. The Kier molecular flexibility index (Phi) is 22.7. The summed E-state index contributed by atoms with van der Waals surface area (Å²) in [6.07, 6.45) is 12.7. The molecule has 0 radical (unpaired) electrons. The summed E-state index contributed by atoms with van der Waals surface area (Å²) in [7, 11) is -4.17. The van der Waals surface area contributed by atoms with E-state index in [1.54, 1.807) is 6.92 Å². The monoisotopic (exact) mass is 721 g/mol. The van der Waals surface area contributed by atoms with Gasteiger partial charge in [0.25, 0.3) is 0 Å². The second-order valence-electron chi connectivity index (χ2n) is 13.1. The van der Waals surface area contributed by atoms with Crippen molar-refractivity contribution in [3.8, 4) is 0 Å². The molecule has 1 aromatic rings. The van der Waals surface area contributed by atoms with Crippen LogP contribution in [0.1, 0.15) is 117 Å². The number of hydrogen-bond acceptors (Lipinski definition) is 13. The van der Waals surface area contributed by atoms with Crippen LogP contribution in [0.4, 0.5) is 5.82 Å². The van der Waals surface area contributed by atoms with Crippen molar-refractivity contribution in [2.45, 2.75) is 160 Å². The molecule has 7 atom stereocenters. The van der Waals surface area contributed by atoms with Crippen LogP contribution in [0.5, 0.6) is 0 Å². The van der Waals surface area contributed by atoms with Gasteiger partial charge in [-0.3, -0.25) is 13.7 Å². The quantitative estimate of drug-likeness (QED) is 0.0572. The van der Waals surface area contributed by atoms with Gasteiger partial charge in [0.05, 0.1) is 32.5 Å². The number of aliphatic hydroxyl groups is 4. The van der Waals surface area contributed by atoms with Crippen molar-refractivity contribution < 1.29 is 48.2 Å². The molecular weight excluding hydrogens is 657 g/mol. The van der Waals surface area contributed by atoms with Crippen LogP contribution >= 0.6 is 7.60 Å². The van der Waals surface area contributed by atoms with Crippen LogP contribution in [0.3, 0.4) is 0 Å². The van der Waals surface area contributed by atoms with E-state index in [0.29, 0.717) is 6.61 Å². The van der Waals surface area contributed by atoms with E-state index in [9.17, 15) is 29.8 Å². The van der Waals surface area contributed by atoms with Gasteiger partial charge in [-0.1, -0.05) is 103 Å². The number of aliphatic hydroxyl groups excluding tert-OH is 4. The number of nitrogen functional groups attached to an aromatic ring is 1. The second kappa shape index (κ2) is 25.5. The van der Waals surface area contributed by atoms with Gasteiger partial charge in [0, 0.05) is 12.8 Å². The number of nitrogens with zero attached hydrogens (tertiary/aromatic N) is 2. The fourth-order valence-corrected chi connectivity index (χ4v) is 7.11. The van der Waals surface area contributed by atoms with E-state index in [2.05, 4.69) is 11.9 Å². The third-order valence-electron chi connectivity index (χ3n) is 8.64. The maximum atomic E-state index is 13.8. The van der Waals surface area contributed by atoms with Crippen molar-refractivity contribution in [1.82, 2.24) is 9.55 Å². The lowest BCUT2D eigenvalue weighted by Gasteiger charge is -2.40. The molecule has 1 aliphatic rings. The van der Waals surface area contributed by atoms with Gasteiger partial charge in [-0.15, -0.1) is 0 Å². The first-order valence-electron chi connectivity index (χ1n) is 18.3. The molecule has 0 amide bonds. The van der Waals surface area contributed by atoms with Gasteiger partial charge < -0.3 is 44.9 Å². The van der Waals surface area contributed by atoms with Gasteiger partial charge in [-0.25, -0.2) is 4.79 Å². The summed E-state index contributed by atoms with van der Waals surface area (Å²) < 4.78 is 42.9. The predicted molar refractivity (Wildman–Crippen MR) is 187 cm³/mol. The molecule has 1 aliphatic heterocycles. The van der Waals surface area contributed by atoms with Gasteiger partial charge in [-0.2, -0.15) is 4.98 Å². The number of unbranched alkanes of at least 4 members (excludes halogenated alkanes) is 15. The number of hydrogen-bond donors (Lipinski definition) is 5. The minimum Gasteiger partial charge on any atom is -0.394 e. The molecule has 1 saturated heterocycles. The number of aromatic nitrogens is 2. The minimum atomic E-state index is -4.17. The highest BCUT2D eigenvalue weighted by Crippen LogP contribution is 2.51. The van der Waals surface area contributed by atoms with E-state index in [0.717, 1.165) is 19.3 Å². The Balaban J connectivity index is 1.67. The van der Waals surface area contributed by atoms with Gasteiger partial charge in [0.2, 0.25) is 0 Å². The van der Waals surface area contributed by atoms with Crippen molar-refractivity contribution in [2.75, 3.05) is 38.5 Å². The van der Waals surface area contributed by atoms with Crippen LogP contribution < -0.4 is 11.4 Å². The molecule has 1 aromatic heterocycles. The molecule has 1 fully saturated rings. The van der Waals surface area contributed by atoms with E-state index < -0.39 is 63.1 Å². The van der Waals surface area contributed by atoms with Crippen molar-refractivity contribution in [3.63, 3.8) is 0 Å². The highest BCUT2D eigenvalue weighted by Gasteiger charge is 2.47. The maximum absolute atomic E-state index is 13.8. The molecule has 0 bridgehead atoms. The largest absolute Gasteiger partial charge is 0.394 e. The molecule has 15 heteroatoms. The Morgan fingerprint density at radius 3 is 2.00 bits per heavy atom. The molecule has 14 nitrogen and oxygen atoms in total. The Morgan fingerprint density at radius 2 is 1.45 bits per heavy atom. The average Bonchev–Trinajstić information content (AvgIpc) is 3.08. The Bertz CT molecular complexity index is 1100. The van der Waals surface area contributed by atoms with Gasteiger partial charge >= 0.3 is 13.3 Å². The molecule has 0 aliphatic carbocycles. The smallest absolute Gasteiger partial charge is 0.358 e. The molecule has 0 saturated carbocycles. The first-order chi connectivity index (χ1) is 23.6. The molecule has 2 unspecified atom stereocenters. The molecule has 0 spiro atoms. The third-order valence-corrected chi connectivity index (χ3v) is 10.2. The van der Waals surface area contributed by atoms with Crippen LogP contribution in [-0.4, -0.2) is 99.6 Å². The number of anilines is 1. The lowest BCUT2D eigenvalue weighted by Crippen LogP contribution is -2.59. The molecule has 6 N–H and O–H groups in total. The van der Waals surface area contributed by atoms with E-state index in [1.807, 2.05) is 0 Å². The molecule has 2 heterocycles. The van der Waals surface area contributed by atoms with Crippen LogP contribution in [0.2, 0.25) is 0 Å². The van der Waals surface area contributed by atoms with E-state index in [-0.39, 0.29) is 25.6 Å². The lowest BCUT2D eigenvalue weighted by molar-refractivity contribution is -0.279. The maximum Gasteiger partial charge on any atom is 0.358 e. The standard InChI is InChI=1S/C34H64N3O11P/c1-3-4-5-6-7-8-9-10-11-12-13-14-15-16-17-18-21-44-22-23-46-49(43,48-33-32(41)31(40)30(39)28(25-38)47-33)26-45-27(2)24-37-20-19-29(35)36-34(37)42/h19-20,27-28,30-33,38-41H,3-18,21-26H2,1-2H3,(H2,35,36,42)/t27?,28-,30+,31+,32-,33-,49?/m1/s1. The van der Waals surface area contributed by atoms with Crippen LogP contribution in [0.15, 0.2) is 17.1 Å². The SMILES string of the molecule is CCCCCCCCCCCCCCCCCCOCCOP(=O)(COC(C)Cn1ccc(N)nc1=O)O[C@H]1O[C@H](CO)[C@H](O)[C@H](O)[C@H]1O. The van der Waals surface area contributed by atoms with Crippen LogP contribution in [0.25, 0.3) is 0 Å². The summed E-state index contributed by atoms with van der Waals surface area (Å²) in [5, 5.41) is 40.1. The summed E-state index contributed by atoms with van der Waals surface area (Å²) >= 11 is 0. The summed E-state index contributed by atoms with van der Waals surface area (Å²) in [6, 6.07) is 1.46. The molecule has 2 rings (SSSR count). The Labute approximate surface area is 292 Å².